The van der Waals surface area contributed by atoms with Crippen molar-refractivity contribution < 1.29 is 4.52 Å². The Labute approximate surface area is 148 Å². The summed E-state index contributed by atoms with van der Waals surface area (Å²) in [6, 6.07) is 21.2. The standard InChI is InChI=1S/C20H27OPSe/c1-3-4-5-8-13-18(2)21-22(23,19-14-9-6-10-15-19)20-16-11-7-12-17-20/h6-7,9-12,14-18H,3-5,8,13H2,1-2H3. The van der Waals surface area contributed by atoms with Crippen molar-refractivity contribution in [1.82, 2.24) is 0 Å². The molecule has 0 aliphatic carbocycles. The molecular formula is C20H27OPSe. The van der Waals surface area contributed by atoms with Crippen LogP contribution in [0.5, 0.6) is 0 Å². The molecule has 0 aliphatic heterocycles. The van der Waals surface area contributed by atoms with Crippen molar-refractivity contribution in [3.8, 4) is 0 Å². The second kappa shape index (κ2) is 9.60. The molecule has 1 nitrogen and oxygen atoms in total. The fourth-order valence-corrected chi connectivity index (χ4v) is 7.42. The molecule has 0 radical (unpaired) electrons. The zero-order chi connectivity index (χ0) is 16.5. The van der Waals surface area contributed by atoms with Crippen LogP contribution in [0.25, 0.3) is 0 Å². The van der Waals surface area contributed by atoms with Crippen molar-refractivity contribution >= 4 is 31.4 Å². The molecule has 0 amide bonds. The van der Waals surface area contributed by atoms with Gasteiger partial charge in [-0.2, -0.15) is 0 Å². The van der Waals surface area contributed by atoms with E-state index in [1.807, 2.05) is 0 Å². The first-order valence-electron chi connectivity index (χ1n) is 8.56. The molecule has 0 aromatic heterocycles. The van der Waals surface area contributed by atoms with Crippen LogP contribution in [-0.2, 0) is 4.52 Å². The van der Waals surface area contributed by atoms with Crippen LogP contribution in [0.3, 0.4) is 0 Å². The van der Waals surface area contributed by atoms with Crippen molar-refractivity contribution in [2.24, 2.45) is 0 Å². The van der Waals surface area contributed by atoms with Crippen molar-refractivity contribution in [3.05, 3.63) is 60.7 Å². The van der Waals surface area contributed by atoms with Crippen LogP contribution >= 0.6 is 5.74 Å². The first-order valence-corrected chi connectivity index (χ1v) is 12.5. The van der Waals surface area contributed by atoms with Crippen molar-refractivity contribution in [1.29, 1.82) is 0 Å². The van der Waals surface area contributed by atoms with E-state index in [0.29, 0.717) is 0 Å². The van der Waals surface area contributed by atoms with Crippen LogP contribution in [0.1, 0.15) is 46.0 Å². The van der Waals surface area contributed by atoms with Gasteiger partial charge >= 0.3 is 149 Å². The Morgan fingerprint density at radius 3 is 1.87 bits per heavy atom. The van der Waals surface area contributed by atoms with E-state index in [1.165, 1.54) is 36.3 Å². The fourth-order valence-electron chi connectivity index (χ4n) is 2.68. The Kier molecular flexibility index (Phi) is 7.80. The molecule has 0 N–H and O–H groups in total. The van der Waals surface area contributed by atoms with Crippen LogP contribution in [0.4, 0.5) is 0 Å². The second-order valence-corrected chi connectivity index (χ2v) is 11.6. The van der Waals surface area contributed by atoms with Crippen molar-refractivity contribution in [2.75, 3.05) is 0 Å². The van der Waals surface area contributed by atoms with Crippen LogP contribution in [0, 0.1) is 0 Å². The summed E-state index contributed by atoms with van der Waals surface area (Å²) < 4.78 is 6.65. The monoisotopic (exact) mass is 394 g/mol. The summed E-state index contributed by atoms with van der Waals surface area (Å²) in [7, 11) is 0. The van der Waals surface area contributed by atoms with Gasteiger partial charge < -0.3 is 0 Å². The quantitative estimate of drug-likeness (QED) is 0.330. The molecule has 2 aromatic carbocycles. The van der Waals surface area contributed by atoms with Crippen LogP contribution in [-0.4, -0.2) is 21.2 Å². The third-order valence-corrected chi connectivity index (χ3v) is 9.79. The molecule has 0 saturated heterocycles. The molecule has 0 heterocycles. The zero-order valence-electron chi connectivity index (χ0n) is 14.2. The molecule has 0 spiro atoms. The number of rotatable bonds is 9. The SMILES string of the molecule is CCCCCCC(C)OP(=[Se])(c1ccccc1)c1ccccc1. The van der Waals surface area contributed by atoms with E-state index in [0.717, 1.165) is 6.42 Å². The molecule has 2 aromatic rings. The Bertz CT molecular complexity index is 569. The van der Waals surface area contributed by atoms with E-state index in [4.69, 9.17) is 4.52 Å². The molecule has 0 aliphatic rings. The molecule has 1 unspecified atom stereocenters. The zero-order valence-corrected chi connectivity index (χ0v) is 16.8. The Hall–Kier alpha value is -0.651. The van der Waals surface area contributed by atoms with E-state index in [2.05, 4.69) is 89.6 Å². The van der Waals surface area contributed by atoms with Gasteiger partial charge in [0.1, 0.15) is 0 Å². The van der Waals surface area contributed by atoms with Gasteiger partial charge in [0.15, 0.2) is 0 Å². The Balaban J connectivity index is 2.17. The molecular weight excluding hydrogens is 366 g/mol. The molecule has 3 heteroatoms. The predicted molar refractivity (Wildman–Crippen MR) is 104 cm³/mol. The summed E-state index contributed by atoms with van der Waals surface area (Å²) in [4.78, 5) is 0. The molecule has 0 fully saturated rings. The number of unbranched alkanes of at least 4 members (excludes halogenated alkanes) is 3. The minimum atomic E-state index is -1.91. The molecule has 0 bridgehead atoms. The second-order valence-electron chi connectivity index (χ2n) is 5.99. The average molecular weight is 393 g/mol. The van der Waals surface area contributed by atoms with Crippen molar-refractivity contribution in [3.63, 3.8) is 0 Å². The maximum absolute atomic E-state index is 6.65. The van der Waals surface area contributed by atoms with Gasteiger partial charge in [-0.1, -0.05) is 0 Å². The van der Waals surface area contributed by atoms with E-state index in [9.17, 15) is 0 Å². The predicted octanol–water partition coefficient (Wildman–Crippen LogP) is 5.03. The molecule has 23 heavy (non-hydrogen) atoms. The van der Waals surface area contributed by atoms with Gasteiger partial charge in [-0.3, -0.25) is 0 Å². The first kappa shape index (κ1) is 18.7. The van der Waals surface area contributed by atoms with Crippen LogP contribution in [0.15, 0.2) is 60.7 Å². The minimum absolute atomic E-state index is 0.266. The molecule has 1 atom stereocenters. The Morgan fingerprint density at radius 2 is 1.39 bits per heavy atom. The van der Waals surface area contributed by atoms with Gasteiger partial charge in [0.25, 0.3) is 0 Å². The average Bonchev–Trinajstić information content (AvgIpc) is 2.60. The summed E-state index contributed by atoms with van der Waals surface area (Å²) in [6.45, 7) is 4.46. The van der Waals surface area contributed by atoms with E-state index in [-0.39, 0.29) is 6.10 Å². The summed E-state index contributed by atoms with van der Waals surface area (Å²) >= 11 is 3.44. The molecule has 2 rings (SSSR count). The summed E-state index contributed by atoms with van der Waals surface area (Å²) in [5, 5.41) is 2.54. The summed E-state index contributed by atoms with van der Waals surface area (Å²) in [6.07, 6.45) is 6.55. The third kappa shape index (κ3) is 5.44. The van der Waals surface area contributed by atoms with Gasteiger partial charge in [0.05, 0.1) is 0 Å². The fraction of sp³-hybridized carbons (Fsp3) is 0.400. The Morgan fingerprint density at radius 1 is 0.870 bits per heavy atom. The van der Waals surface area contributed by atoms with Gasteiger partial charge in [0.2, 0.25) is 0 Å². The number of hydrogen-bond acceptors (Lipinski definition) is 1. The van der Waals surface area contributed by atoms with E-state index < -0.39 is 5.74 Å². The topological polar surface area (TPSA) is 9.23 Å². The van der Waals surface area contributed by atoms with Gasteiger partial charge in [0, 0.05) is 0 Å². The summed E-state index contributed by atoms with van der Waals surface area (Å²) in [5.74, 6) is 0. The third-order valence-electron chi connectivity index (χ3n) is 3.98. The number of benzene rings is 2. The summed E-state index contributed by atoms with van der Waals surface area (Å²) in [5.41, 5.74) is -1.91. The first-order chi connectivity index (χ1) is 11.2. The molecule has 0 saturated carbocycles. The van der Waals surface area contributed by atoms with Crippen molar-refractivity contribution in [2.45, 2.75) is 52.1 Å². The van der Waals surface area contributed by atoms with E-state index >= 15 is 0 Å². The number of hydrogen-bond donors (Lipinski definition) is 0. The maximum atomic E-state index is 6.65. The normalized spacial score (nSPS) is 13.0. The van der Waals surface area contributed by atoms with Gasteiger partial charge in [-0.05, 0) is 0 Å². The van der Waals surface area contributed by atoms with Crippen LogP contribution in [0.2, 0.25) is 0 Å². The van der Waals surface area contributed by atoms with Gasteiger partial charge in [-0.15, -0.1) is 0 Å². The van der Waals surface area contributed by atoms with E-state index in [1.54, 1.807) is 0 Å². The van der Waals surface area contributed by atoms with Crippen LogP contribution < -0.4 is 10.6 Å². The van der Waals surface area contributed by atoms with Gasteiger partial charge in [-0.25, -0.2) is 0 Å². The molecule has 124 valence electrons.